The molecule has 0 spiro atoms. The molecule has 2 atom stereocenters. The number of amides is 1. The van der Waals surface area contributed by atoms with Crippen molar-refractivity contribution in [3.63, 3.8) is 0 Å². The summed E-state index contributed by atoms with van der Waals surface area (Å²) in [4.78, 5) is 22.6. The minimum absolute atomic E-state index is 0. The number of carbonyl (C=O) groups is 1. The van der Waals surface area contributed by atoms with Gasteiger partial charge in [-0.1, -0.05) is 24.6 Å². The highest BCUT2D eigenvalue weighted by Gasteiger charge is 2.31. The number of nitrogens with zero attached hydrogens (tertiary/aromatic N) is 1. The van der Waals surface area contributed by atoms with Gasteiger partial charge in [-0.15, -0.1) is 12.4 Å². The summed E-state index contributed by atoms with van der Waals surface area (Å²) in [5.41, 5.74) is 6.43. The minimum atomic E-state index is -0.390. The van der Waals surface area contributed by atoms with E-state index in [1.54, 1.807) is 18.2 Å². The quantitative estimate of drug-likeness (QED) is 0.617. The zero-order chi connectivity index (χ0) is 15.2. The second-order valence-corrected chi connectivity index (χ2v) is 5.46. The average molecular weight is 328 g/mol. The summed E-state index contributed by atoms with van der Waals surface area (Å²) in [5.74, 6) is 0.304. The van der Waals surface area contributed by atoms with Gasteiger partial charge in [0, 0.05) is 24.1 Å². The molecule has 7 heteroatoms. The monoisotopic (exact) mass is 327 g/mol. The third kappa shape index (κ3) is 4.42. The number of carbonyl (C=O) groups excluding carboxylic acids is 1. The molecule has 0 radical (unpaired) electrons. The molecule has 0 bridgehead atoms. The van der Waals surface area contributed by atoms with Crippen molar-refractivity contribution < 1.29 is 9.72 Å². The van der Waals surface area contributed by atoms with Crippen LogP contribution in [-0.4, -0.2) is 23.9 Å². The maximum absolute atomic E-state index is 12.1. The van der Waals surface area contributed by atoms with Crippen LogP contribution in [0.25, 0.3) is 0 Å². The van der Waals surface area contributed by atoms with Crippen LogP contribution >= 0.6 is 12.4 Å². The molecular weight excluding hydrogens is 306 g/mol. The van der Waals surface area contributed by atoms with Crippen molar-refractivity contribution in [2.24, 2.45) is 17.6 Å². The van der Waals surface area contributed by atoms with E-state index >= 15 is 0 Å². The summed E-state index contributed by atoms with van der Waals surface area (Å²) in [6.45, 7) is 0.958. The molecule has 0 aliphatic heterocycles. The second-order valence-electron chi connectivity index (χ2n) is 5.46. The molecule has 1 fully saturated rings. The van der Waals surface area contributed by atoms with Gasteiger partial charge in [-0.05, 0) is 31.7 Å². The van der Waals surface area contributed by atoms with E-state index in [4.69, 9.17) is 5.73 Å². The van der Waals surface area contributed by atoms with Gasteiger partial charge in [0.1, 0.15) is 0 Å². The smallest absolute Gasteiger partial charge is 0.272 e. The Balaban J connectivity index is 0.00000242. The molecule has 6 nitrogen and oxygen atoms in total. The molecule has 0 unspecified atom stereocenters. The molecule has 2 rings (SSSR count). The zero-order valence-electron chi connectivity index (χ0n) is 12.4. The van der Waals surface area contributed by atoms with Crippen LogP contribution in [0.1, 0.15) is 24.8 Å². The van der Waals surface area contributed by atoms with Gasteiger partial charge in [0.25, 0.3) is 5.69 Å². The Bertz CT molecular complexity index is 525. The first kappa shape index (κ1) is 18.4. The van der Waals surface area contributed by atoms with Crippen molar-refractivity contribution in [3.8, 4) is 0 Å². The van der Waals surface area contributed by atoms with Gasteiger partial charge in [-0.3, -0.25) is 14.9 Å². The molecule has 122 valence electrons. The normalized spacial score (nSPS) is 20.2. The number of rotatable bonds is 6. The van der Waals surface area contributed by atoms with Gasteiger partial charge < -0.3 is 11.1 Å². The van der Waals surface area contributed by atoms with Gasteiger partial charge in [0.2, 0.25) is 5.91 Å². The van der Waals surface area contributed by atoms with Crippen molar-refractivity contribution in [2.45, 2.75) is 25.7 Å². The first-order valence-corrected chi connectivity index (χ1v) is 7.33. The van der Waals surface area contributed by atoms with E-state index in [2.05, 4.69) is 5.32 Å². The summed E-state index contributed by atoms with van der Waals surface area (Å²) in [6.07, 6.45) is 3.41. The number of hydrogen-bond donors (Lipinski definition) is 2. The minimum Gasteiger partial charge on any atom is -0.356 e. The average Bonchev–Trinajstić information content (AvgIpc) is 2.96. The van der Waals surface area contributed by atoms with E-state index in [1.165, 1.54) is 6.07 Å². The van der Waals surface area contributed by atoms with Crippen LogP contribution in [-0.2, 0) is 11.2 Å². The van der Waals surface area contributed by atoms with Gasteiger partial charge >= 0.3 is 0 Å². The fourth-order valence-electron chi connectivity index (χ4n) is 3.02. The highest BCUT2D eigenvalue weighted by Crippen LogP contribution is 2.30. The van der Waals surface area contributed by atoms with E-state index in [-0.39, 0.29) is 35.8 Å². The fraction of sp³-hybridized carbons (Fsp3) is 0.533. The Kier molecular flexibility index (Phi) is 7.27. The van der Waals surface area contributed by atoms with Crippen LogP contribution in [0.5, 0.6) is 0 Å². The highest BCUT2D eigenvalue weighted by atomic mass is 35.5. The maximum atomic E-state index is 12.1. The summed E-state index contributed by atoms with van der Waals surface area (Å²) >= 11 is 0. The van der Waals surface area contributed by atoms with Crippen molar-refractivity contribution in [1.29, 1.82) is 0 Å². The zero-order valence-corrected chi connectivity index (χ0v) is 13.2. The van der Waals surface area contributed by atoms with Crippen molar-refractivity contribution in [1.82, 2.24) is 5.32 Å². The Labute approximate surface area is 136 Å². The van der Waals surface area contributed by atoms with Gasteiger partial charge in [0.05, 0.1) is 4.92 Å². The third-order valence-corrected chi connectivity index (χ3v) is 4.18. The molecule has 0 saturated heterocycles. The molecule has 1 saturated carbocycles. The third-order valence-electron chi connectivity index (χ3n) is 4.18. The molecule has 3 N–H and O–H groups in total. The van der Waals surface area contributed by atoms with Crippen LogP contribution in [0.3, 0.4) is 0 Å². The fourth-order valence-corrected chi connectivity index (χ4v) is 3.02. The predicted molar refractivity (Wildman–Crippen MR) is 86.9 cm³/mol. The maximum Gasteiger partial charge on any atom is 0.272 e. The largest absolute Gasteiger partial charge is 0.356 e. The second kappa shape index (κ2) is 8.70. The molecule has 1 aromatic carbocycles. The lowest BCUT2D eigenvalue weighted by molar-refractivity contribution is -0.385. The van der Waals surface area contributed by atoms with Crippen LogP contribution in [0.4, 0.5) is 5.69 Å². The van der Waals surface area contributed by atoms with E-state index in [0.717, 1.165) is 19.3 Å². The number of nitrogens with two attached hydrogens (primary N) is 1. The molecule has 1 aliphatic rings. The predicted octanol–water partition coefficient (Wildman–Crippen LogP) is 2.05. The van der Waals surface area contributed by atoms with Crippen molar-refractivity contribution in [3.05, 3.63) is 39.9 Å². The first-order chi connectivity index (χ1) is 10.1. The van der Waals surface area contributed by atoms with E-state index in [9.17, 15) is 14.9 Å². The Morgan fingerprint density at radius 3 is 2.77 bits per heavy atom. The van der Waals surface area contributed by atoms with Gasteiger partial charge in [-0.25, -0.2) is 0 Å². The van der Waals surface area contributed by atoms with Gasteiger partial charge in [-0.2, -0.15) is 0 Å². The van der Waals surface area contributed by atoms with E-state index in [0.29, 0.717) is 25.1 Å². The number of nitrogens with one attached hydrogen (secondary N) is 1. The summed E-state index contributed by atoms with van der Waals surface area (Å²) in [7, 11) is 0. The molecule has 22 heavy (non-hydrogen) atoms. The lowest BCUT2D eigenvalue weighted by atomic mass is 9.95. The highest BCUT2D eigenvalue weighted by molar-refractivity contribution is 5.85. The van der Waals surface area contributed by atoms with Crippen LogP contribution < -0.4 is 11.1 Å². The number of nitro groups is 1. The molecule has 0 heterocycles. The van der Waals surface area contributed by atoms with Crippen molar-refractivity contribution >= 4 is 24.0 Å². The Morgan fingerprint density at radius 2 is 2.09 bits per heavy atom. The van der Waals surface area contributed by atoms with Crippen LogP contribution in [0.15, 0.2) is 24.3 Å². The lowest BCUT2D eigenvalue weighted by Crippen LogP contribution is -2.36. The number of nitro benzene ring substituents is 1. The molecular formula is C15H22ClN3O3. The summed E-state index contributed by atoms with van der Waals surface area (Å²) in [5, 5.41) is 13.8. The summed E-state index contributed by atoms with van der Waals surface area (Å²) in [6, 6.07) is 6.62. The van der Waals surface area contributed by atoms with Crippen molar-refractivity contribution in [2.75, 3.05) is 13.1 Å². The number of halogens is 1. The van der Waals surface area contributed by atoms with E-state index < -0.39 is 4.92 Å². The van der Waals surface area contributed by atoms with Crippen LogP contribution in [0.2, 0.25) is 0 Å². The standard InChI is InChI=1S/C15H21N3O3.ClH/c16-10-12-5-3-6-13(12)15(19)17-9-8-11-4-1-2-7-14(11)18(20)21;/h1-2,4,7,12-13H,3,5-6,8-10,16H2,(H,17,19);1H/t12-,13-;/m1./s1. The van der Waals surface area contributed by atoms with Gasteiger partial charge in [0.15, 0.2) is 0 Å². The summed E-state index contributed by atoms with van der Waals surface area (Å²) < 4.78 is 0. The lowest BCUT2D eigenvalue weighted by Gasteiger charge is -2.17. The SMILES string of the molecule is Cl.NC[C@H]1CCC[C@H]1C(=O)NCCc1ccccc1[N+](=O)[O-]. The Hall–Kier alpha value is -1.66. The Morgan fingerprint density at radius 1 is 1.36 bits per heavy atom. The first-order valence-electron chi connectivity index (χ1n) is 7.33. The topological polar surface area (TPSA) is 98.3 Å². The molecule has 1 amide bonds. The molecule has 0 aromatic heterocycles. The number of para-hydroxylation sites is 1. The van der Waals surface area contributed by atoms with Crippen LogP contribution in [0, 0.1) is 22.0 Å². The number of benzene rings is 1. The molecule has 1 aromatic rings. The van der Waals surface area contributed by atoms with E-state index in [1.807, 2.05) is 0 Å². The number of hydrogen-bond acceptors (Lipinski definition) is 4. The molecule has 1 aliphatic carbocycles.